The quantitative estimate of drug-likeness (QED) is 0.363. The molecular formula is C21H27NO5. The Hall–Kier alpha value is -2.44. The summed E-state index contributed by atoms with van der Waals surface area (Å²) in [5.41, 5.74) is 3.75. The van der Waals surface area contributed by atoms with Crippen molar-refractivity contribution >= 4 is 11.8 Å². The summed E-state index contributed by atoms with van der Waals surface area (Å²) in [4.78, 5) is 24.8. The predicted octanol–water partition coefficient (Wildman–Crippen LogP) is 3.33. The van der Waals surface area contributed by atoms with E-state index in [1.54, 1.807) is 32.4 Å². The molecule has 6 heteroatoms. The van der Waals surface area contributed by atoms with E-state index < -0.39 is 5.97 Å². The van der Waals surface area contributed by atoms with Crippen molar-refractivity contribution in [3.8, 4) is 0 Å². The van der Waals surface area contributed by atoms with Gasteiger partial charge < -0.3 is 18.8 Å². The van der Waals surface area contributed by atoms with Crippen molar-refractivity contribution in [2.45, 2.75) is 33.4 Å². The van der Waals surface area contributed by atoms with Crippen LogP contribution in [-0.2, 0) is 27.4 Å². The minimum atomic E-state index is -0.518. The Kier molecular flexibility index (Phi) is 7.76. The molecule has 6 nitrogen and oxygen atoms in total. The molecule has 0 atom stereocenters. The van der Waals surface area contributed by atoms with E-state index >= 15 is 0 Å². The van der Waals surface area contributed by atoms with Crippen LogP contribution < -0.4 is 0 Å². The van der Waals surface area contributed by atoms with E-state index in [1.165, 1.54) is 0 Å². The summed E-state index contributed by atoms with van der Waals surface area (Å²) in [5, 5.41) is 0. The van der Waals surface area contributed by atoms with Crippen LogP contribution in [0.25, 0.3) is 0 Å². The van der Waals surface area contributed by atoms with Gasteiger partial charge in [-0.05, 0) is 44.0 Å². The SMILES string of the molecule is COCCCn1c(C)cc(C(=O)COC(=O)c2cccc(COC)c2)c1C. The Balaban J connectivity index is 2.00. The van der Waals surface area contributed by atoms with Gasteiger partial charge in [0.25, 0.3) is 0 Å². The topological polar surface area (TPSA) is 66.8 Å². The standard InChI is InChI=1S/C21H27NO5/c1-15-11-19(16(2)22(15)9-6-10-25-3)20(23)14-27-21(24)18-8-5-7-17(12-18)13-26-4/h5,7-8,11-12H,6,9-10,13-14H2,1-4H3. The van der Waals surface area contributed by atoms with Crippen LogP contribution in [0.3, 0.4) is 0 Å². The minimum absolute atomic E-state index is 0.206. The van der Waals surface area contributed by atoms with E-state index in [4.69, 9.17) is 14.2 Å². The van der Waals surface area contributed by atoms with E-state index in [1.807, 2.05) is 26.0 Å². The number of nitrogens with zero attached hydrogens (tertiary/aromatic N) is 1. The summed E-state index contributed by atoms with van der Waals surface area (Å²) in [6, 6.07) is 8.84. The Morgan fingerprint density at radius 2 is 1.85 bits per heavy atom. The Morgan fingerprint density at radius 1 is 1.07 bits per heavy atom. The zero-order valence-electron chi connectivity index (χ0n) is 16.4. The van der Waals surface area contributed by atoms with E-state index in [0.717, 1.165) is 29.9 Å². The zero-order valence-corrected chi connectivity index (χ0v) is 16.4. The smallest absolute Gasteiger partial charge is 0.338 e. The van der Waals surface area contributed by atoms with Gasteiger partial charge in [-0.15, -0.1) is 0 Å². The lowest BCUT2D eigenvalue weighted by atomic mass is 10.1. The van der Waals surface area contributed by atoms with E-state index in [0.29, 0.717) is 24.3 Å². The van der Waals surface area contributed by atoms with Gasteiger partial charge in [0.1, 0.15) is 0 Å². The van der Waals surface area contributed by atoms with Gasteiger partial charge in [0.2, 0.25) is 5.78 Å². The number of benzene rings is 1. The fourth-order valence-corrected chi connectivity index (χ4v) is 3.04. The van der Waals surface area contributed by atoms with Crippen LogP contribution in [0.5, 0.6) is 0 Å². The molecular weight excluding hydrogens is 346 g/mol. The molecule has 0 aliphatic rings. The van der Waals surface area contributed by atoms with Crippen LogP contribution in [0.1, 0.15) is 44.1 Å². The highest BCUT2D eigenvalue weighted by Crippen LogP contribution is 2.17. The summed E-state index contributed by atoms with van der Waals surface area (Å²) in [6.45, 7) is 5.45. The molecule has 146 valence electrons. The summed E-state index contributed by atoms with van der Waals surface area (Å²) in [6.07, 6.45) is 0.868. The summed E-state index contributed by atoms with van der Waals surface area (Å²) >= 11 is 0. The first-order valence-corrected chi connectivity index (χ1v) is 8.91. The molecule has 0 N–H and O–H groups in total. The number of hydrogen-bond acceptors (Lipinski definition) is 5. The molecule has 2 aromatic rings. The first kappa shape index (κ1) is 20.9. The second-order valence-corrected chi connectivity index (χ2v) is 6.42. The van der Waals surface area contributed by atoms with Gasteiger partial charge in [-0.25, -0.2) is 4.79 Å². The van der Waals surface area contributed by atoms with Gasteiger partial charge in [0, 0.05) is 44.3 Å². The van der Waals surface area contributed by atoms with Gasteiger partial charge in [0.05, 0.1) is 12.2 Å². The van der Waals surface area contributed by atoms with Gasteiger partial charge in [-0.1, -0.05) is 12.1 Å². The van der Waals surface area contributed by atoms with Crippen molar-refractivity contribution in [3.63, 3.8) is 0 Å². The molecule has 0 saturated heterocycles. The highest BCUT2D eigenvalue weighted by atomic mass is 16.5. The lowest BCUT2D eigenvalue weighted by molar-refractivity contribution is 0.0474. The summed E-state index contributed by atoms with van der Waals surface area (Å²) < 4.78 is 17.5. The molecule has 27 heavy (non-hydrogen) atoms. The molecule has 0 amide bonds. The minimum Gasteiger partial charge on any atom is -0.454 e. The van der Waals surface area contributed by atoms with Crippen LogP contribution in [-0.4, -0.2) is 43.8 Å². The largest absolute Gasteiger partial charge is 0.454 e. The predicted molar refractivity (Wildman–Crippen MR) is 102 cm³/mol. The molecule has 0 saturated carbocycles. The summed E-state index contributed by atoms with van der Waals surface area (Å²) in [7, 11) is 3.26. The lowest BCUT2D eigenvalue weighted by Gasteiger charge is -2.09. The second-order valence-electron chi connectivity index (χ2n) is 6.42. The highest BCUT2D eigenvalue weighted by molar-refractivity contribution is 6.00. The number of hydrogen-bond donors (Lipinski definition) is 0. The Morgan fingerprint density at radius 3 is 2.56 bits per heavy atom. The number of ketones is 1. The number of ether oxygens (including phenoxy) is 3. The summed E-state index contributed by atoms with van der Waals surface area (Å²) in [5.74, 6) is -0.724. The molecule has 0 fully saturated rings. The molecule has 1 aromatic heterocycles. The number of esters is 1. The van der Waals surface area contributed by atoms with Gasteiger partial charge in [0.15, 0.2) is 6.61 Å². The van der Waals surface area contributed by atoms with Crippen molar-refractivity contribution in [2.75, 3.05) is 27.4 Å². The van der Waals surface area contributed by atoms with Gasteiger partial charge >= 0.3 is 5.97 Å². The van der Waals surface area contributed by atoms with Crippen molar-refractivity contribution < 1.29 is 23.8 Å². The first-order chi connectivity index (χ1) is 13.0. The fraction of sp³-hybridized carbons (Fsp3) is 0.429. The molecule has 0 aliphatic heterocycles. The third-order valence-corrected chi connectivity index (χ3v) is 4.41. The van der Waals surface area contributed by atoms with Crippen LogP contribution >= 0.6 is 0 Å². The molecule has 0 spiro atoms. The number of methoxy groups -OCH3 is 2. The molecule has 2 rings (SSSR count). The number of Topliss-reactive ketones (excluding diaryl/α,β-unsaturated/α-hetero) is 1. The molecule has 0 bridgehead atoms. The average molecular weight is 373 g/mol. The van der Waals surface area contributed by atoms with Crippen LogP contribution in [0.15, 0.2) is 30.3 Å². The number of rotatable bonds is 10. The fourth-order valence-electron chi connectivity index (χ4n) is 3.04. The highest BCUT2D eigenvalue weighted by Gasteiger charge is 2.18. The van der Waals surface area contributed by atoms with Crippen molar-refractivity contribution in [1.82, 2.24) is 4.57 Å². The monoisotopic (exact) mass is 373 g/mol. The molecule has 0 unspecified atom stereocenters. The normalized spacial score (nSPS) is 10.8. The van der Waals surface area contributed by atoms with Crippen LogP contribution in [0.4, 0.5) is 0 Å². The third kappa shape index (κ3) is 5.52. The average Bonchev–Trinajstić information content (AvgIpc) is 2.94. The van der Waals surface area contributed by atoms with Crippen LogP contribution in [0.2, 0.25) is 0 Å². The molecule has 1 aromatic carbocycles. The van der Waals surface area contributed by atoms with Crippen LogP contribution in [0, 0.1) is 13.8 Å². The Labute approximate surface area is 160 Å². The number of aryl methyl sites for hydroxylation is 1. The first-order valence-electron chi connectivity index (χ1n) is 8.91. The Bertz CT molecular complexity index is 794. The maximum absolute atomic E-state index is 12.5. The van der Waals surface area contributed by atoms with E-state index in [9.17, 15) is 9.59 Å². The number of carbonyl (C=O) groups is 2. The maximum Gasteiger partial charge on any atom is 0.338 e. The van der Waals surface area contributed by atoms with Gasteiger partial charge in [-0.3, -0.25) is 4.79 Å². The molecule has 1 heterocycles. The zero-order chi connectivity index (χ0) is 19.8. The number of aromatic nitrogens is 1. The number of carbonyl (C=O) groups excluding carboxylic acids is 2. The second kappa shape index (κ2) is 10.0. The molecule has 0 aliphatic carbocycles. The van der Waals surface area contributed by atoms with Crippen molar-refractivity contribution in [1.29, 1.82) is 0 Å². The third-order valence-electron chi connectivity index (χ3n) is 4.41. The van der Waals surface area contributed by atoms with Crippen molar-refractivity contribution in [2.24, 2.45) is 0 Å². The van der Waals surface area contributed by atoms with Crippen molar-refractivity contribution in [3.05, 3.63) is 58.4 Å². The van der Waals surface area contributed by atoms with E-state index in [2.05, 4.69) is 4.57 Å². The van der Waals surface area contributed by atoms with Gasteiger partial charge in [-0.2, -0.15) is 0 Å². The molecule has 0 radical (unpaired) electrons. The lowest BCUT2D eigenvalue weighted by Crippen LogP contribution is -2.15. The maximum atomic E-state index is 12.5. The van der Waals surface area contributed by atoms with E-state index in [-0.39, 0.29) is 12.4 Å².